The van der Waals surface area contributed by atoms with Gasteiger partial charge in [-0.3, -0.25) is 4.79 Å². The zero-order chi connectivity index (χ0) is 18.1. The molecule has 6 heteroatoms. The monoisotopic (exact) mass is 346 g/mol. The Kier molecular flexibility index (Phi) is 4.01. The molecule has 0 aliphatic carbocycles. The average Bonchev–Trinajstić information content (AvgIpc) is 3.31. The molecule has 1 atom stereocenters. The number of furan rings is 1. The minimum absolute atomic E-state index is 0.106. The van der Waals surface area contributed by atoms with Crippen LogP contribution in [0.15, 0.2) is 65.3 Å². The van der Waals surface area contributed by atoms with Crippen LogP contribution in [0.25, 0.3) is 17.1 Å². The fraction of sp³-hybridized carbons (Fsp3) is 0.150. The third-order valence-corrected chi connectivity index (χ3v) is 4.26. The van der Waals surface area contributed by atoms with E-state index in [0.29, 0.717) is 22.8 Å². The van der Waals surface area contributed by atoms with Gasteiger partial charge in [0, 0.05) is 11.8 Å². The van der Waals surface area contributed by atoms with E-state index in [4.69, 9.17) is 4.42 Å². The van der Waals surface area contributed by atoms with Crippen LogP contribution in [0.1, 0.15) is 34.7 Å². The zero-order valence-corrected chi connectivity index (χ0v) is 14.5. The van der Waals surface area contributed by atoms with E-state index in [2.05, 4.69) is 15.4 Å². The van der Waals surface area contributed by atoms with E-state index in [1.807, 2.05) is 62.4 Å². The van der Waals surface area contributed by atoms with Crippen molar-refractivity contribution in [2.75, 3.05) is 0 Å². The Labute approximate surface area is 150 Å². The lowest BCUT2D eigenvalue weighted by Crippen LogP contribution is -2.27. The van der Waals surface area contributed by atoms with E-state index in [-0.39, 0.29) is 11.9 Å². The van der Waals surface area contributed by atoms with E-state index < -0.39 is 0 Å². The van der Waals surface area contributed by atoms with Crippen molar-refractivity contribution in [1.82, 2.24) is 19.9 Å². The van der Waals surface area contributed by atoms with Crippen molar-refractivity contribution in [3.05, 3.63) is 77.8 Å². The third kappa shape index (κ3) is 2.97. The molecule has 0 aliphatic rings. The summed E-state index contributed by atoms with van der Waals surface area (Å²) in [4.78, 5) is 17.1. The summed E-state index contributed by atoms with van der Waals surface area (Å²) < 4.78 is 7.09. The van der Waals surface area contributed by atoms with Crippen LogP contribution in [-0.4, -0.2) is 20.5 Å². The smallest absolute Gasteiger partial charge is 0.270 e. The second-order valence-corrected chi connectivity index (χ2v) is 6.17. The number of carbonyl (C=O) groups excluding carboxylic acids is 1. The number of benzene rings is 1. The Bertz CT molecular complexity index is 1050. The van der Waals surface area contributed by atoms with Gasteiger partial charge in [-0.05, 0) is 37.6 Å². The molecule has 0 unspecified atom stereocenters. The molecule has 6 nitrogen and oxygen atoms in total. The van der Waals surface area contributed by atoms with Gasteiger partial charge < -0.3 is 9.73 Å². The van der Waals surface area contributed by atoms with Gasteiger partial charge in [-0.25, -0.2) is 9.50 Å². The highest BCUT2D eigenvalue weighted by Crippen LogP contribution is 2.20. The molecular formula is C20H18N4O2. The lowest BCUT2D eigenvalue weighted by molar-refractivity contribution is 0.0935. The molecule has 130 valence electrons. The van der Waals surface area contributed by atoms with E-state index in [9.17, 15) is 4.79 Å². The summed E-state index contributed by atoms with van der Waals surface area (Å²) in [5.41, 5.74) is 3.52. The fourth-order valence-corrected chi connectivity index (χ4v) is 2.88. The van der Waals surface area contributed by atoms with Crippen molar-refractivity contribution in [3.63, 3.8) is 0 Å². The van der Waals surface area contributed by atoms with E-state index in [1.54, 1.807) is 16.8 Å². The molecular weight excluding hydrogens is 328 g/mol. The first-order valence-corrected chi connectivity index (χ1v) is 8.39. The zero-order valence-electron chi connectivity index (χ0n) is 14.5. The number of rotatable bonds is 4. The summed E-state index contributed by atoms with van der Waals surface area (Å²) in [6.45, 7) is 3.84. The molecule has 1 aromatic carbocycles. The fourth-order valence-electron chi connectivity index (χ4n) is 2.88. The number of nitrogens with one attached hydrogen (secondary N) is 1. The quantitative estimate of drug-likeness (QED) is 0.610. The van der Waals surface area contributed by atoms with Crippen LogP contribution in [0.3, 0.4) is 0 Å². The molecule has 1 N–H and O–H groups in total. The number of aromatic nitrogens is 3. The van der Waals surface area contributed by atoms with Crippen molar-refractivity contribution >= 4 is 11.6 Å². The summed E-state index contributed by atoms with van der Waals surface area (Å²) in [6, 6.07) is 16.9. The maximum Gasteiger partial charge on any atom is 0.270 e. The predicted molar refractivity (Wildman–Crippen MR) is 97.7 cm³/mol. The first-order chi connectivity index (χ1) is 12.6. The minimum atomic E-state index is -0.215. The van der Waals surface area contributed by atoms with Gasteiger partial charge in [0.05, 0.1) is 12.3 Å². The maximum absolute atomic E-state index is 12.6. The molecule has 0 saturated heterocycles. The topological polar surface area (TPSA) is 72.4 Å². The highest BCUT2D eigenvalue weighted by Gasteiger charge is 2.16. The van der Waals surface area contributed by atoms with Gasteiger partial charge in [-0.2, -0.15) is 5.10 Å². The number of nitrogens with zero attached hydrogens (tertiary/aromatic N) is 3. The predicted octanol–water partition coefficient (Wildman–Crippen LogP) is 3.79. The number of carbonyl (C=O) groups is 1. The molecule has 4 aromatic rings. The Hall–Kier alpha value is -3.41. The maximum atomic E-state index is 12.6. The number of fused-ring (bicyclic) bond motifs is 1. The van der Waals surface area contributed by atoms with Crippen LogP contribution in [0.2, 0.25) is 0 Å². The van der Waals surface area contributed by atoms with Crippen LogP contribution < -0.4 is 5.32 Å². The number of hydrogen-bond donors (Lipinski definition) is 1. The largest absolute Gasteiger partial charge is 0.463 e. The number of aryl methyl sites for hydroxylation is 1. The highest BCUT2D eigenvalue weighted by molar-refractivity contribution is 5.93. The lowest BCUT2D eigenvalue weighted by Gasteiger charge is -2.14. The number of amides is 1. The van der Waals surface area contributed by atoms with Crippen molar-refractivity contribution < 1.29 is 9.21 Å². The SMILES string of the molecule is Cc1cc(C(=O)N[C@H](C)c2ccccc2)nc2cc(-c3ccco3)nn12. The van der Waals surface area contributed by atoms with Gasteiger partial charge >= 0.3 is 0 Å². The molecule has 3 aromatic heterocycles. The van der Waals surface area contributed by atoms with Gasteiger partial charge in [-0.15, -0.1) is 0 Å². The molecule has 3 heterocycles. The van der Waals surface area contributed by atoms with Crippen LogP contribution >= 0.6 is 0 Å². The van der Waals surface area contributed by atoms with E-state index >= 15 is 0 Å². The lowest BCUT2D eigenvalue weighted by atomic mass is 10.1. The summed E-state index contributed by atoms with van der Waals surface area (Å²) in [6.07, 6.45) is 1.60. The average molecular weight is 346 g/mol. The van der Waals surface area contributed by atoms with Crippen molar-refractivity contribution in [2.24, 2.45) is 0 Å². The molecule has 4 rings (SSSR count). The van der Waals surface area contributed by atoms with Crippen molar-refractivity contribution in [3.8, 4) is 11.5 Å². The van der Waals surface area contributed by atoms with Crippen LogP contribution in [0.4, 0.5) is 0 Å². The first-order valence-electron chi connectivity index (χ1n) is 8.39. The van der Waals surface area contributed by atoms with Gasteiger partial charge in [-0.1, -0.05) is 30.3 Å². The van der Waals surface area contributed by atoms with Crippen molar-refractivity contribution in [2.45, 2.75) is 19.9 Å². The standard InChI is InChI=1S/C20H18N4O2/c1-13-11-17(20(25)21-14(2)15-7-4-3-5-8-15)22-19-12-16(23-24(13)19)18-9-6-10-26-18/h3-12,14H,1-2H3,(H,21,25)/t14-/m1/s1. The van der Waals surface area contributed by atoms with Crippen LogP contribution in [-0.2, 0) is 0 Å². The van der Waals surface area contributed by atoms with E-state index in [0.717, 1.165) is 11.3 Å². The second-order valence-electron chi connectivity index (χ2n) is 6.17. The molecule has 0 fully saturated rings. The van der Waals surface area contributed by atoms with Gasteiger partial charge in [0.1, 0.15) is 11.4 Å². The molecule has 0 spiro atoms. The normalized spacial score (nSPS) is 12.2. The molecule has 0 saturated carbocycles. The Morgan fingerprint density at radius 3 is 2.69 bits per heavy atom. The molecule has 0 radical (unpaired) electrons. The first kappa shape index (κ1) is 16.1. The molecule has 0 bridgehead atoms. The molecule has 26 heavy (non-hydrogen) atoms. The van der Waals surface area contributed by atoms with Gasteiger partial charge in [0.15, 0.2) is 11.4 Å². The van der Waals surface area contributed by atoms with E-state index in [1.165, 1.54) is 0 Å². The Balaban J connectivity index is 1.63. The summed E-state index contributed by atoms with van der Waals surface area (Å²) in [5.74, 6) is 0.450. The third-order valence-electron chi connectivity index (χ3n) is 4.26. The minimum Gasteiger partial charge on any atom is -0.463 e. The summed E-state index contributed by atoms with van der Waals surface area (Å²) in [5, 5.41) is 7.48. The Morgan fingerprint density at radius 1 is 1.15 bits per heavy atom. The van der Waals surface area contributed by atoms with Crippen LogP contribution in [0, 0.1) is 6.92 Å². The number of hydrogen-bond acceptors (Lipinski definition) is 4. The summed E-state index contributed by atoms with van der Waals surface area (Å²) >= 11 is 0. The second kappa shape index (κ2) is 6.48. The summed E-state index contributed by atoms with van der Waals surface area (Å²) in [7, 11) is 0. The van der Waals surface area contributed by atoms with Gasteiger partial charge in [0.2, 0.25) is 0 Å². The van der Waals surface area contributed by atoms with Gasteiger partial charge in [0.25, 0.3) is 5.91 Å². The van der Waals surface area contributed by atoms with Crippen molar-refractivity contribution in [1.29, 1.82) is 0 Å². The molecule has 0 aliphatic heterocycles. The van der Waals surface area contributed by atoms with Crippen LogP contribution in [0.5, 0.6) is 0 Å². The Morgan fingerprint density at radius 2 is 1.96 bits per heavy atom. The highest BCUT2D eigenvalue weighted by atomic mass is 16.3. The molecule has 1 amide bonds.